The van der Waals surface area contributed by atoms with E-state index in [1.54, 1.807) is 0 Å². The Hall–Kier alpha value is -1.47. The second-order valence-corrected chi connectivity index (χ2v) is 4.06. The molecule has 0 saturated heterocycles. The standard InChI is InChI=1S/C11H20N4O3/c16-8-4-2-1-3-5-12-6-7-15-9-10(11(17)18)13-14-15/h9,12,16H,1-8H2,(H,17,18). The van der Waals surface area contributed by atoms with Crippen molar-refractivity contribution >= 4 is 5.97 Å². The van der Waals surface area contributed by atoms with E-state index in [1.807, 2.05) is 0 Å². The normalized spacial score (nSPS) is 10.7. The number of nitrogens with one attached hydrogen (secondary N) is 1. The van der Waals surface area contributed by atoms with Gasteiger partial charge in [-0.2, -0.15) is 0 Å². The minimum Gasteiger partial charge on any atom is -0.476 e. The van der Waals surface area contributed by atoms with Crippen LogP contribution in [0.3, 0.4) is 0 Å². The van der Waals surface area contributed by atoms with Crippen LogP contribution in [-0.4, -0.2) is 50.9 Å². The summed E-state index contributed by atoms with van der Waals surface area (Å²) in [4.78, 5) is 10.6. The van der Waals surface area contributed by atoms with Crippen molar-refractivity contribution in [1.82, 2.24) is 20.3 Å². The van der Waals surface area contributed by atoms with E-state index < -0.39 is 5.97 Å². The van der Waals surface area contributed by atoms with Crippen LogP contribution in [0.5, 0.6) is 0 Å². The fraction of sp³-hybridized carbons (Fsp3) is 0.727. The highest BCUT2D eigenvalue weighted by molar-refractivity contribution is 5.84. The first kappa shape index (κ1) is 14.6. The van der Waals surface area contributed by atoms with Crippen molar-refractivity contribution in [1.29, 1.82) is 0 Å². The van der Waals surface area contributed by atoms with E-state index in [2.05, 4.69) is 15.6 Å². The minimum atomic E-state index is -1.06. The van der Waals surface area contributed by atoms with E-state index in [4.69, 9.17) is 10.2 Å². The second kappa shape index (κ2) is 8.60. The molecule has 1 heterocycles. The van der Waals surface area contributed by atoms with Crippen molar-refractivity contribution in [2.24, 2.45) is 0 Å². The summed E-state index contributed by atoms with van der Waals surface area (Å²) >= 11 is 0. The highest BCUT2D eigenvalue weighted by Crippen LogP contribution is 1.97. The van der Waals surface area contributed by atoms with Crippen LogP contribution in [0.4, 0.5) is 0 Å². The van der Waals surface area contributed by atoms with E-state index in [0.29, 0.717) is 6.54 Å². The molecule has 1 rings (SSSR count). The molecule has 0 aliphatic heterocycles. The topological polar surface area (TPSA) is 100 Å². The fourth-order valence-electron chi connectivity index (χ4n) is 1.54. The molecule has 0 unspecified atom stereocenters. The number of carbonyl (C=O) groups is 1. The molecule has 0 aliphatic carbocycles. The maximum atomic E-state index is 10.6. The van der Waals surface area contributed by atoms with Gasteiger partial charge in [-0.3, -0.25) is 4.68 Å². The van der Waals surface area contributed by atoms with Crippen LogP contribution in [-0.2, 0) is 6.54 Å². The zero-order chi connectivity index (χ0) is 13.2. The van der Waals surface area contributed by atoms with Crippen molar-refractivity contribution in [3.63, 3.8) is 0 Å². The highest BCUT2D eigenvalue weighted by Gasteiger charge is 2.07. The van der Waals surface area contributed by atoms with Crippen LogP contribution < -0.4 is 5.32 Å². The van der Waals surface area contributed by atoms with Crippen molar-refractivity contribution in [2.75, 3.05) is 19.7 Å². The summed E-state index contributed by atoms with van der Waals surface area (Å²) in [5.74, 6) is -1.06. The Morgan fingerprint density at radius 1 is 1.28 bits per heavy atom. The molecule has 0 radical (unpaired) electrons. The van der Waals surface area contributed by atoms with Gasteiger partial charge in [-0.1, -0.05) is 18.1 Å². The lowest BCUT2D eigenvalue weighted by Crippen LogP contribution is -2.21. The third kappa shape index (κ3) is 5.74. The fourth-order valence-corrected chi connectivity index (χ4v) is 1.54. The lowest BCUT2D eigenvalue weighted by atomic mass is 10.2. The molecular weight excluding hydrogens is 236 g/mol. The third-order valence-electron chi connectivity index (χ3n) is 2.54. The molecule has 102 valence electrons. The number of aromatic nitrogens is 3. The Morgan fingerprint density at radius 3 is 2.72 bits per heavy atom. The average molecular weight is 256 g/mol. The predicted molar refractivity (Wildman–Crippen MR) is 65.4 cm³/mol. The molecule has 0 bridgehead atoms. The second-order valence-electron chi connectivity index (χ2n) is 4.06. The van der Waals surface area contributed by atoms with Gasteiger partial charge in [-0.15, -0.1) is 5.10 Å². The molecule has 0 amide bonds. The first-order valence-electron chi connectivity index (χ1n) is 6.19. The number of hydrogen-bond acceptors (Lipinski definition) is 5. The molecule has 1 aromatic heterocycles. The van der Waals surface area contributed by atoms with Gasteiger partial charge < -0.3 is 15.5 Å². The van der Waals surface area contributed by atoms with Crippen LogP contribution in [0.2, 0.25) is 0 Å². The van der Waals surface area contributed by atoms with E-state index in [1.165, 1.54) is 10.9 Å². The zero-order valence-electron chi connectivity index (χ0n) is 10.4. The first-order chi connectivity index (χ1) is 8.74. The Morgan fingerprint density at radius 2 is 2.06 bits per heavy atom. The molecule has 1 aromatic rings. The van der Waals surface area contributed by atoms with Gasteiger partial charge in [0, 0.05) is 13.2 Å². The van der Waals surface area contributed by atoms with Gasteiger partial charge in [-0.25, -0.2) is 4.79 Å². The summed E-state index contributed by atoms with van der Waals surface area (Å²) in [6.07, 6.45) is 5.54. The smallest absolute Gasteiger partial charge is 0.358 e. The first-order valence-corrected chi connectivity index (χ1v) is 6.19. The molecule has 0 aromatic carbocycles. The van der Waals surface area contributed by atoms with Crippen LogP contribution in [0, 0.1) is 0 Å². The minimum absolute atomic E-state index is 0.0287. The maximum absolute atomic E-state index is 10.6. The van der Waals surface area contributed by atoms with Crippen LogP contribution in [0.1, 0.15) is 36.2 Å². The molecule has 0 saturated carbocycles. The van der Waals surface area contributed by atoms with Gasteiger partial charge in [0.05, 0.1) is 12.7 Å². The number of aliphatic hydroxyl groups excluding tert-OH is 1. The molecular formula is C11H20N4O3. The summed E-state index contributed by atoms with van der Waals surface area (Å²) < 4.78 is 1.52. The summed E-state index contributed by atoms with van der Waals surface area (Å²) in [6.45, 7) is 2.54. The molecule has 18 heavy (non-hydrogen) atoms. The number of carboxylic acids is 1. The number of carboxylic acid groups (broad SMARTS) is 1. The van der Waals surface area contributed by atoms with Crippen molar-refractivity contribution in [3.8, 4) is 0 Å². The Bertz CT molecular complexity index is 354. The summed E-state index contributed by atoms with van der Waals surface area (Å²) in [7, 11) is 0. The number of aliphatic hydroxyl groups is 1. The monoisotopic (exact) mass is 256 g/mol. The predicted octanol–water partition coefficient (Wildman–Crippen LogP) is 0.119. The third-order valence-corrected chi connectivity index (χ3v) is 2.54. The number of unbranched alkanes of at least 4 members (excludes halogenated alkanes) is 3. The molecule has 7 heteroatoms. The molecule has 0 aliphatic rings. The van der Waals surface area contributed by atoms with Crippen LogP contribution in [0.25, 0.3) is 0 Å². The lowest BCUT2D eigenvalue weighted by molar-refractivity contribution is 0.0690. The van der Waals surface area contributed by atoms with Gasteiger partial charge in [-0.05, 0) is 19.4 Å². The molecule has 7 nitrogen and oxygen atoms in total. The largest absolute Gasteiger partial charge is 0.476 e. The van der Waals surface area contributed by atoms with E-state index in [-0.39, 0.29) is 12.3 Å². The summed E-state index contributed by atoms with van der Waals surface area (Å²) in [5, 5.41) is 27.8. The molecule has 0 spiro atoms. The lowest BCUT2D eigenvalue weighted by Gasteiger charge is -2.04. The quantitative estimate of drug-likeness (QED) is 0.514. The van der Waals surface area contributed by atoms with Crippen molar-refractivity contribution in [2.45, 2.75) is 32.2 Å². The summed E-state index contributed by atoms with van der Waals surface area (Å²) in [6, 6.07) is 0. The Kier molecular flexibility index (Phi) is 6.97. The number of nitrogens with zero attached hydrogens (tertiary/aromatic N) is 3. The molecule has 0 atom stereocenters. The zero-order valence-corrected chi connectivity index (χ0v) is 10.4. The Balaban J connectivity index is 2.02. The van der Waals surface area contributed by atoms with Gasteiger partial charge in [0.25, 0.3) is 0 Å². The van der Waals surface area contributed by atoms with Crippen molar-refractivity contribution < 1.29 is 15.0 Å². The maximum Gasteiger partial charge on any atom is 0.358 e. The van der Waals surface area contributed by atoms with Gasteiger partial charge in [0.2, 0.25) is 0 Å². The van der Waals surface area contributed by atoms with Gasteiger partial charge in [0.15, 0.2) is 5.69 Å². The SMILES string of the molecule is O=C(O)c1cn(CCNCCCCCCO)nn1. The number of hydrogen-bond donors (Lipinski definition) is 3. The summed E-state index contributed by atoms with van der Waals surface area (Å²) in [5.41, 5.74) is -0.0287. The Labute approximate surface area is 106 Å². The van der Waals surface area contributed by atoms with Crippen LogP contribution >= 0.6 is 0 Å². The van der Waals surface area contributed by atoms with E-state index >= 15 is 0 Å². The van der Waals surface area contributed by atoms with Gasteiger partial charge >= 0.3 is 5.97 Å². The number of aromatic carboxylic acids is 1. The van der Waals surface area contributed by atoms with Crippen molar-refractivity contribution in [3.05, 3.63) is 11.9 Å². The highest BCUT2D eigenvalue weighted by atomic mass is 16.4. The molecule has 0 fully saturated rings. The van der Waals surface area contributed by atoms with Gasteiger partial charge in [0.1, 0.15) is 0 Å². The van der Waals surface area contributed by atoms with E-state index in [9.17, 15) is 4.79 Å². The molecule has 3 N–H and O–H groups in total. The van der Waals surface area contributed by atoms with Crippen LogP contribution in [0.15, 0.2) is 6.20 Å². The van der Waals surface area contributed by atoms with E-state index in [0.717, 1.165) is 38.8 Å². The average Bonchev–Trinajstić information content (AvgIpc) is 2.81. The number of rotatable bonds is 10.